The number of nitrogens with one attached hydrogen (secondary N) is 1. The molecule has 2 aromatic rings. The molecular formula is C20H25ClN2O2. The third-order valence-corrected chi connectivity index (χ3v) is 4.35. The van der Waals surface area contributed by atoms with Crippen LogP contribution in [0.4, 0.5) is 5.69 Å². The van der Waals surface area contributed by atoms with Gasteiger partial charge in [-0.2, -0.15) is 0 Å². The van der Waals surface area contributed by atoms with Crippen molar-refractivity contribution in [2.45, 2.75) is 31.9 Å². The number of hydrogen-bond acceptors (Lipinski definition) is 3. The summed E-state index contributed by atoms with van der Waals surface area (Å²) in [4.78, 5) is 12.6. The maximum absolute atomic E-state index is 12.6. The first kappa shape index (κ1) is 19.4. The first-order chi connectivity index (χ1) is 11.6. The zero-order valence-corrected chi connectivity index (χ0v) is 15.2. The Morgan fingerprint density at radius 3 is 2.60 bits per heavy atom. The van der Waals surface area contributed by atoms with Gasteiger partial charge >= 0.3 is 0 Å². The Hall–Kier alpha value is -1.88. The molecule has 0 aromatic heterocycles. The number of amides is 1. The highest BCUT2D eigenvalue weighted by molar-refractivity contribution is 5.98. The molecule has 1 saturated carbocycles. The van der Waals surface area contributed by atoms with Crippen molar-refractivity contribution in [3.63, 3.8) is 0 Å². The summed E-state index contributed by atoms with van der Waals surface area (Å²) in [6.45, 7) is 3.12. The lowest BCUT2D eigenvalue weighted by Gasteiger charge is -2.24. The molecule has 1 aliphatic carbocycles. The van der Waals surface area contributed by atoms with E-state index in [0.717, 1.165) is 29.3 Å². The molecule has 0 saturated heterocycles. The molecule has 134 valence electrons. The Balaban J connectivity index is 0.00000225. The fourth-order valence-electron chi connectivity index (χ4n) is 2.54. The molecule has 1 fully saturated rings. The second kappa shape index (κ2) is 8.48. The number of anilines is 1. The standard InChI is InChI=1S/C20H24N2O2.ClH/c1-20(21,17-7-3-2-4-8-17)19(23)22-18-9-5-6-16(12-18)14-24-13-15-10-11-15;/h2-9,12,15H,10-11,13-14,21H2,1H3,(H,22,23);1H. The van der Waals surface area contributed by atoms with Gasteiger partial charge in [0.05, 0.1) is 6.61 Å². The van der Waals surface area contributed by atoms with Crippen molar-refractivity contribution < 1.29 is 9.53 Å². The number of ether oxygens (including phenoxy) is 1. The summed E-state index contributed by atoms with van der Waals surface area (Å²) in [6, 6.07) is 17.1. The van der Waals surface area contributed by atoms with Crippen LogP contribution in [0.3, 0.4) is 0 Å². The highest BCUT2D eigenvalue weighted by Gasteiger charge is 2.30. The average molecular weight is 361 g/mol. The summed E-state index contributed by atoms with van der Waals surface area (Å²) in [6.07, 6.45) is 2.56. The van der Waals surface area contributed by atoms with E-state index in [4.69, 9.17) is 10.5 Å². The Morgan fingerprint density at radius 2 is 1.92 bits per heavy atom. The van der Waals surface area contributed by atoms with E-state index < -0.39 is 5.54 Å². The normalized spacial score (nSPS) is 15.8. The SMILES string of the molecule is CC(N)(C(=O)Nc1cccc(COCC2CC2)c1)c1ccccc1.Cl. The molecule has 4 nitrogen and oxygen atoms in total. The molecule has 3 N–H and O–H groups in total. The van der Waals surface area contributed by atoms with Crippen LogP contribution in [-0.2, 0) is 21.7 Å². The first-order valence-electron chi connectivity index (χ1n) is 8.38. The minimum absolute atomic E-state index is 0. The third kappa shape index (κ3) is 5.30. The van der Waals surface area contributed by atoms with Crippen molar-refractivity contribution in [1.29, 1.82) is 0 Å². The molecule has 0 radical (unpaired) electrons. The van der Waals surface area contributed by atoms with E-state index >= 15 is 0 Å². The van der Waals surface area contributed by atoms with Gasteiger partial charge in [0, 0.05) is 12.3 Å². The minimum Gasteiger partial charge on any atom is -0.376 e. The molecule has 0 heterocycles. The molecular weight excluding hydrogens is 336 g/mol. The molecule has 0 bridgehead atoms. The van der Waals surface area contributed by atoms with Gasteiger partial charge in [0.2, 0.25) is 5.91 Å². The van der Waals surface area contributed by atoms with Gasteiger partial charge in [-0.05, 0) is 48.9 Å². The van der Waals surface area contributed by atoms with E-state index in [2.05, 4.69) is 5.32 Å². The van der Waals surface area contributed by atoms with E-state index in [-0.39, 0.29) is 18.3 Å². The van der Waals surface area contributed by atoms with Crippen LogP contribution in [0.1, 0.15) is 30.9 Å². The molecule has 1 amide bonds. The largest absolute Gasteiger partial charge is 0.376 e. The van der Waals surface area contributed by atoms with Crippen LogP contribution in [0.15, 0.2) is 54.6 Å². The van der Waals surface area contributed by atoms with Crippen LogP contribution in [0, 0.1) is 5.92 Å². The highest BCUT2D eigenvalue weighted by atomic mass is 35.5. The number of halogens is 1. The van der Waals surface area contributed by atoms with E-state index in [9.17, 15) is 4.79 Å². The smallest absolute Gasteiger partial charge is 0.248 e. The van der Waals surface area contributed by atoms with Crippen molar-refractivity contribution in [1.82, 2.24) is 0 Å². The van der Waals surface area contributed by atoms with Gasteiger partial charge in [-0.25, -0.2) is 0 Å². The summed E-state index contributed by atoms with van der Waals surface area (Å²) >= 11 is 0. The molecule has 5 heteroatoms. The van der Waals surface area contributed by atoms with Crippen LogP contribution in [0.5, 0.6) is 0 Å². The fourth-order valence-corrected chi connectivity index (χ4v) is 2.54. The average Bonchev–Trinajstić information content (AvgIpc) is 3.40. The summed E-state index contributed by atoms with van der Waals surface area (Å²) in [5, 5.41) is 2.91. The predicted molar refractivity (Wildman–Crippen MR) is 103 cm³/mol. The molecule has 3 rings (SSSR count). The van der Waals surface area contributed by atoms with Crippen LogP contribution in [0.2, 0.25) is 0 Å². The quantitative estimate of drug-likeness (QED) is 0.788. The van der Waals surface area contributed by atoms with Crippen LogP contribution in [-0.4, -0.2) is 12.5 Å². The lowest BCUT2D eigenvalue weighted by molar-refractivity contribution is -0.120. The Kier molecular flexibility index (Phi) is 6.59. The van der Waals surface area contributed by atoms with E-state index in [1.54, 1.807) is 6.92 Å². The number of carbonyl (C=O) groups is 1. The zero-order chi connectivity index (χ0) is 17.0. The molecule has 2 aromatic carbocycles. The third-order valence-electron chi connectivity index (χ3n) is 4.35. The van der Waals surface area contributed by atoms with E-state index in [1.807, 2.05) is 54.6 Å². The lowest BCUT2D eigenvalue weighted by atomic mass is 9.92. The Morgan fingerprint density at radius 1 is 1.20 bits per heavy atom. The van der Waals surface area contributed by atoms with Gasteiger partial charge in [0.1, 0.15) is 5.54 Å². The summed E-state index contributed by atoms with van der Waals surface area (Å²) in [5.74, 6) is 0.515. The van der Waals surface area contributed by atoms with E-state index in [0.29, 0.717) is 6.61 Å². The lowest BCUT2D eigenvalue weighted by Crippen LogP contribution is -2.45. The van der Waals surface area contributed by atoms with Gasteiger partial charge in [0.25, 0.3) is 0 Å². The van der Waals surface area contributed by atoms with Gasteiger partial charge < -0.3 is 15.8 Å². The Bertz CT molecular complexity index is 700. The van der Waals surface area contributed by atoms with Crippen molar-refractivity contribution in [2.75, 3.05) is 11.9 Å². The second-order valence-electron chi connectivity index (χ2n) is 6.68. The maximum Gasteiger partial charge on any atom is 0.248 e. The zero-order valence-electron chi connectivity index (χ0n) is 14.4. The molecule has 1 aliphatic rings. The van der Waals surface area contributed by atoms with E-state index in [1.165, 1.54) is 12.8 Å². The van der Waals surface area contributed by atoms with Gasteiger partial charge in [-0.1, -0.05) is 42.5 Å². The van der Waals surface area contributed by atoms with Crippen molar-refractivity contribution in [2.24, 2.45) is 11.7 Å². The topological polar surface area (TPSA) is 64.4 Å². The number of nitrogens with two attached hydrogens (primary N) is 1. The predicted octanol–water partition coefficient (Wildman–Crippen LogP) is 3.85. The van der Waals surface area contributed by atoms with Crippen molar-refractivity contribution in [3.05, 3.63) is 65.7 Å². The summed E-state index contributed by atoms with van der Waals surface area (Å²) in [7, 11) is 0. The van der Waals surface area contributed by atoms with Crippen molar-refractivity contribution >= 4 is 24.0 Å². The molecule has 1 unspecified atom stereocenters. The van der Waals surface area contributed by atoms with Crippen molar-refractivity contribution in [3.8, 4) is 0 Å². The molecule has 0 spiro atoms. The van der Waals surface area contributed by atoms with Gasteiger partial charge in [-0.15, -0.1) is 12.4 Å². The summed E-state index contributed by atoms with van der Waals surface area (Å²) in [5.41, 5.74) is 7.74. The second-order valence-corrected chi connectivity index (χ2v) is 6.68. The van der Waals surface area contributed by atoms with Crippen LogP contribution in [0.25, 0.3) is 0 Å². The molecule has 1 atom stereocenters. The van der Waals surface area contributed by atoms with Crippen LogP contribution >= 0.6 is 12.4 Å². The summed E-state index contributed by atoms with van der Waals surface area (Å²) < 4.78 is 5.70. The fraction of sp³-hybridized carbons (Fsp3) is 0.350. The monoisotopic (exact) mass is 360 g/mol. The highest BCUT2D eigenvalue weighted by Crippen LogP contribution is 2.29. The first-order valence-corrected chi connectivity index (χ1v) is 8.38. The number of carbonyl (C=O) groups excluding carboxylic acids is 1. The number of rotatable bonds is 7. The Labute approximate surface area is 155 Å². The van der Waals surface area contributed by atoms with Gasteiger partial charge in [-0.3, -0.25) is 4.79 Å². The number of hydrogen-bond donors (Lipinski definition) is 2. The minimum atomic E-state index is -1.08. The maximum atomic E-state index is 12.6. The molecule has 25 heavy (non-hydrogen) atoms. The molecule has 0 aliphatic heterocycles. The van der Waals surface area contributed by atoms with Crippen LogP contribution < -0.4 is 11.1 Å². The van der Waals surface area contributed by atoms with Gasteiger partial charge in [0.15, 0.2) is 0 Å². The number of benzene rings is 2.